The highest BCUT2D eigenvalue weighted by molar-refractivity contribution is 5.94. The smallest absolute Gasteiger partial charge is 0.251 e. The summed E-state index contributed by atoms with van der Waals surface area (Å²) >= 11 is 0. The monoisotopic (exact) mass is 453 g/mol. The lowest BCUT2D eigenvalue weighted by molar-refractivity contribution is 0.0913. The van der Waals surface area contributed by atoms with Crippen LogP contribution in [0.25, 0.3) is 0 Å². The molecule has 176 valence electrons. The molecule has 4 rings (SSSR count). The Balaban J connectivity index is 1.42. The van der Waals surface area contributed by atoms with E-state index in [1.54, 1.807) is 31.6 Å². The molecule has 2 aromatic heterocycles. The number of hydrogen-bond donors (Lipinski definition) is 1. The zero-order valence-electron chi connectivity index (χ0n) is 19.4. The van der Waals surface area contributed by atoms with E-state index in [1.165, 1.54) is 6.42 Å². The number of methoxy groups -OCH3 is 1. The molecule has 0 radical (unpaired) electrons. The van der Waals surface area contributed by atoms with Crippen LogP contribution in [0.15, 0.2) is 45.5 Å². The number of furan rings is 1. The van der Waals surface area contributed by atoms with Gasteiger partial charge in [-0.1, -0.05) is 11.6 Å². The minimum atomic E-state index is -0.167. The van der Waals surface area contributed by atoms with Gasteiger partial charge in [0.15, 0.2) is 11.5 Å². The van der Waals surface area contributed by atoms with Gasteiger partial charge < -0.3 is 23.7 Å². The molecule has 8 heteroatoms. The summed E-state index contributed by atoms with van der Waals surface area (Å²) in [5.41, 5.74) is 2.20. The van der Waals surface area contributed by atoms with Crippen LogP contribution in [0.3, 0.4) is 0 Å². The van der Waals surface area contributed by atoms with Crippen LogP contribution in [0.5, 0.6) is 11.5 Å². The molecule has 1 aromatic carbocycles. The maximum Gasteiger partial charge on any atom is 0.251 e. The first-order chi connectivity index (χ1) is 16.1. The summed E-state index contributed by atoms with van der Waals surface area (Å²) in [5.74, 6) is 2.48. The van der Waals surface area contributed by atoms with Crippen molar-refractivity contribution in [1.29, 1.82) is 0 Å². The molecule has 1 atom stereocenters. The van der Waals surface area contributed by atoms with Gasteiger partial charge in [0.25, 0.3) is 5.91 Å². The summed E-state index contributed by atoms with van der Waals surface area (Å²) < 4.78 is 22.3. The first-order valence-electron chi connectivity index (χ1n) is 11.3. The molecule has 3 heterocycles. The summed E-state index contributed by atoms with van der Waals surface area (Å²) in [6.07, 6.45) is 5.26. The number of aromatic nitrogens is 1. The van der Waals surface area contributed by atoms with Gasteiger partial charge in [-0.15, -0.1) is 0 Å². The number of amides is 1. The molecular weight excluding hydrogens is 422 g/mol. The SMILES string of the molecule is COc1cc(C(=O)NCC(c2ccco2)N2CCCCC2)ccc1OCc1c(C)noc1C. The van der Waals surface area contributed by atoms with E-state index in [1.807, 2.05) is 26.0 Å². The van der Waals surface area contributed by atoms with E-state index in [2.05, 4.69) is 15.4 Å². The third-order valence-corrected chi connectivity index (χ3v) is 6.14. The highest BCUT2D eigenvalue weighted by Crippen LogP contribution is 2.30. The lowest BCUT2D eigenvalue weighted by Gasteiger charge is -2.33. The predicted molar refractivity (Wildman–Crippen MR) is 123 cm³/mol. The Labute approximate surface area is 193 Å². The van der Waals surface area contributed by atoms with E-state index in [9.17, 15) is 4.79 Å². The van der Waals surface area contributed by atoms with Gasteiger partial charge in [-0.25, -0.2) is 0 Å². The van der Waals surface area contributed by atoms with Crippen LogP contribution in [-0.4, -0.2) is 42.7 Å². The molecule has 1 aliphatic rings. The van der Waals surface area contributed by atoms with E-state index >= 15 is 0 Å². The van der Waals surface area contributed by atoms with Gasteiger partial charge in [-0.2, -0.15) is 0 Å². The molecular formula is C25H31N3O5. The second kappa shape index (κ2) is 10.6. The molecule has 33 heavy (non-hydrogen) atoms. The van der Waals surface area contributed by atoms with Gasteiger partial charge in [-0.3, -0.25) is 9.69 Å². The van der Waals surface area contributed by atoms with Crippen molar-refractivity contribution in [3.8, 4) is 11.5 Å². The molecule has 1 amide bonds. The van der Waals surface area contributed by atoms with Gasteiger partial charge in [0, 0.05) is 12.1 Å². The number of ether oxygens (including phenoxy) is 2. The predicted octanol–water partition coefficient (Wildman–Crippen LogP) is 4.43. The van der Waals surface area contributed by atoms with Crippen molar-refractivity contribution in [1.82, 2.24) is 15.4 Å². The van der Waals surface area contributed by atoms with E-state index in [0.29, 0.717) is 30.2 Å². The van der Waals surface area contributed by atoms with Crippen LogP contribution in [0.4, 0.5) is 0 Å². The Kier molecular flexibility index (Phi) is 7.34. The van der Waals surface area contributed by atoms with E-state index < -0.39 is 0 Å². The van der Waals surface area contributed by atoms with Crippen LogP contribution in [-0.2, 0) is 6.61 Å². The molecule has 0 spiro atoms. The number of rotatable bonds is 9. The lowest BCUT2D eigenvalue weighted by Crippen LogP contribution is -2.40. The fourth-order valence-corrected chi connectivity index (χ4v) is 4.20. The van der Waals surface area contributed by atoms with Gasteiger partial charge in [0.05, 0.1) is 30.7 Å². The highest BCUT2D eigenvalue weighted by Gasteiger charge is 2.25. The van der Waals surface area contributed by atoms with E-state index in [-0.39, 0.29) is 11.9 Å². The summed E-state index contributed by atoms with van der Waals surface area (Å²) in [6, 6.07) is 9.06. The number of aryl methyl sites for hydroxylation is 2. The lowest BCUT2D eigenvalue weighted by atomic mass is 10.1. The number of likely N-dealkylation sites (tertiary alicyclic amines) is 1. The molecule has 8 nitrogen and oxygen atoms in total. The molecule has 0 bridgehead atoms. The van der Waals surface area contributed by atoms with Crippen molar-refractivity contribution in [2.24, 2.45) is 0 Å². The fraction of sp³-hybridized carbons (Fsp3) is 0.440. The van der Waals surface area contributed by atoms with E-state index in [4.69, 9.17) is 18.4 Å². The van der Waals surface area contributed by atoms with Crippen LogP contribution in [0, 0.1) is 13.8 Å². The largest absolute Gasteiger partial charge is 0.493 e. The van der Waals surface area contributed by atoms with Crippen molar-refractivity contribution < 1.29 is 23.2 Å². The summed E-state index contributed by atoms with van der Waals surface area (Å²) in [4.78, 5) is 15.3. The Bertz CT molecular complexity index is 1030. The molecule has 3 aromatic rings. The molecule has 1 N–H and O–H groups in total. The highest BCUT2D eigenvalue weighted by atomic mass is 16.5. The number of carbonyl (C=O) groups excluding carboxylic acids is 1. The van der Waals surface area contributed by atoms with Crippen molar-refractivity contribution in [3.63, 3.8) is 0 Å². The van der Waals surface area contributed by atoms with Crippen molar-refractivity contribution in [2.75, 3.05) is 26.7 Å². The number of hydrogen-bond acceptors (Lipinski definition) is 7. The minimum absolute atomic E-state index is 0.0174. The standard InChI is InChI=1S/C25H31N3O5/c1-17-20(18(2)33-27-17)16-32-23-10-9-19(14-24(23)30-3)25(29)26-15-21(22-8-7-13-31-22)28-11-5-4-6-12-28/h7-10,13-14,21H,4-6,11-12,15-16H2,1-3H3,(H,26,29). The first-order valence-corrected chi connectivity index (χ1v) is 11.3. The minimum Gasteiger partial charge on any atom is -0.493 e. The van der Waals surface area contributed by atoms with Crippen LogP contribution in [0.1, 0.15) is 58.4 Å². The molecule has 0 aliphatic carbocycles. The zero-order valence-corrected chi connectivity index (χ0v) is 19.4. The topological polar surface area (TPSA) is 90.0 Å². The Morgan fingerprint density at radius 3 is 2.67 bits per heavy atom. The van der Waals surface area contributed by atoms with Crippen molar-refractivity contribution in [2.45, 2.75) is 45.8 Å². The Hall–Kier alpha value is -3.26. The Morgan fingerprint density at radius 1 is 1.18 bits per heavy atom. The maximum atomic E-state index is 12.9. The van der Waals surface area contributed by atoms with Crippen LogP contribution >= 0.6 is 0 Å². The summed E-state index contributed by atoms with van der Waals surface area (Å²) in [5, 5.41) is 7.01. The quantitative estimate of drug-likeness (QED) is 0.513. The summed E-state index contributed by atoms with van der Waals surface area (Å²) in [7, 11) is 1.56. The van der Waals surface area contributed by atoms with Crippen molar-refractivity contribution >= 4 is 5.91 Å². The molecule has 1 fully saturated rings. The van der Waals surface area contributed by atoms with Gasteiger partial charge >= 0.3 is 0 Å². The number of nitrogens with one attached hydrogen (secondary N) is 1. The number of piperidine rings is 1. The van der Waals surface area contributed by atoms with Crippen LogP contribution in [0.2, 0.25) is 0 Å². The number of carbonyl (C=O) groups is 1. The van der Waals surface area contributed by atoms with Crippen molar-refractivity contribution in [3.05, 3.63) is 64.9 Å². The van der Waals surface area contributed by atoms with Gasteiger partial charge in [0.1, 0.15) is 18.1 Å². The molecule has 1 unspecified atom stereocenters. The third-order valence-electron chi connectivity index (χ3n) is 6.14. The second-order valence-electron chi connectivity index (χ2n) is 8.29. The molecule has 1 saturated heterocycles. The first kappa shape index (κ1) is 22.9. The maximum absolute atomic E-state index is 12.9. The van der Waals surface area contributed by atoms with Gasteiger partial charge in [-0.05, 0) is 70.1 Å². The Morgan fingerprint density at radius 2 is 2.00 bits per heavy atom. The third kappa shape index (κ3) is 5.39. The van der Waals surface area contributed by atoms with E-state index in [0.717, 1.165) is 48.7 Å². The molecule has 1 aliphatic heterocycles. The number of nitrogens with zero attached hydrogens (tertiary/aromatic N) is 2. The normalized spacial score (nSPS) is 15.2. The second-order valence-corrected chi connectivity index (χ2v) is 8.29. The number of benzene rings is 1. The zero-order chi connectivity index (χ0) is 23.2. The fourth-order valence-electron chi connectivity index (χ4n) is 4.20. The summed E-state index contributed by atoms with van der Waals surface area (Å²) in [6.45, 7) is 6.52. The van der Waals surface area contributed by atoms with Gasteiger partial charge in [0.2, 0.25) is 0 Å². The average molecular weight is 454 g/mol. The average Bonchev–Trinajstić information content (AvgIpc) is 3.48. The molecule has 0 saturated carbocycles. The van der Waals surface area contributed by atoms with Crippen LogP contribution < -0.4 is 14.8 Å².